The van der Waals surface area contributed by atoms with Gasteiger partial charge >= 0.3 is 0 Å². The van der Waals surface area contributed by atoms with Crippen LogP contribution in [0.5, 0.6) is 5.75 Å². The number of anilines is 2. The Balaban J connectivity index is 1.70. The summed E-state index contributed by atoms with van der Waals surface area (Å²) in [5, 5.41) is 6.23. The van der Waals surface area contributed by atoms with Gasteiger partial charge in [0.2, 0.25) is 0 Å². The van der Waals surface area contributed by atoms with E-state index in [-0.39, 0.29) is 11.9 Å². The van der Waals surface area contributed by atoms with Gasteiger partial charge in [-0.25, -0.2) is 9.97 Å². The number of benzene rings is 1. The lowest BCUT2D eigenvalue weighted by Crippen LogP contribution is -2.36. The quantitative estimate of drug-likeness (QED) is 0.882. The van der Waals surface area contributed by atoms with Crippen molar-refractivity contribution >= 4 is 17.4 Å². The highest BCUT2D eigenvalue weighted by Gasteiger charge is 2.17. The van der Waals surface area contributed by atoms with Crippen LogP contribution >= 0.6 is 0 Å². The molecule has 6 nitrogen and oxygen atoms in total. The van der Waals surface area contributed by atoms with Gasteiger partial charge in [0, 0.05) is 12.1 Å². The molecule has 0 atom stereocenters. The SMILES string of the molecule is COc1ccccc1Nc1cc(C(=O)NC2CCCCC2)ncn1. The van der Waals surface area contributed by atoms with Crippen LogP contribution in [0.15, 0.2) is 36.7 Å². The van der Waals surface area contributed by atoms with E-state index < -0.39 is 0 Å². The minimum Gasteiger partial charge on any atom is -0.495 e. The number of para-hydroxylation sites is 2. The number of nitrogens with one attached hydrogen (secondary N) is 2. The average molecular weight is 326 g/mol. The van der Waals surface area contributed by atoms with Crippen LogP contribution in [-0.2, 0) is 0 Å². The molecule has 0 bridgehead atoms. The number of methoxy groups -OCH3 is 1. The molecule has 126 valence electrons. The molecule has 0 aliphatic heterocycles. The molecule has 1 aliphatic carbocycles. The highest BCUT2D eigenvalue weighted by atomic mass is 16.5. The second-order valence-corrected chi connectivity index (χ2v) is 5.92. The number of hydrogen-bond donors (Lipinski definition) is 2. The van der Waals surface area contributed by atoms with Crippen molar-refractivity contribution in [2.24, 2.45) is 0 Å². The summed E-state index contributed by atoms with van der Waals surface area (Å²) in [5.41, 5.74) is 1.16. The van der Waals surface area contributed by atoms with Crippen molar-refractivity contribution in [3.05, 3.63) is 42.4 Å². The third kappa shape index (κ3) is 4.01. The summed E-state index contributed by atoms with van der Waals surface area (Å²) in [4.78, 5) is 20.7. The van der Waals surface area contributed by atoms with Gasteiger partial charge in [-0.1, -0.05) is 31.4 Å². The lowest BCUT2D eigenvalue weighted by molar-refractivity contribution is 0.0922. The van der Waals surface area contributed by atoms with Gasteiger partial charge in [-0.05, 0) is 25.0 Å². The average Bonchev–Trinajstić information content (AvgIpc) is 2.63. The Morgan fingerprint density at radius 3 is 2.75 bits per heavy atom. The number of aromatic nitrogens is 2. The number of rotatable bonds is 5. The molecule has 6 heteroatoms. The van der Waals surface area contributed by atoms with E-state index in [1.807, 2.05) is 24.3 Å². The molecule has 2 aromatic rings. The van der Waals surface area contributed by atoms with Crippen molar-refractivity contribution in [3.8, 4) is 5.75 Å². The maximum Gasteiger partial charge on any atom is 0.270 e. The number of hydrogen-bond acceptors (Lipinski definition) is 5. The second-order valence-electron chi connectivity index (χ2n) is 5.92. The van der Waals surface area contributed by atoms with Crippen molar-refractivity contribution < 1.29 is 9.53 Å². The molecule has 1 aliphatic rings. The van der Waals surface area contributed by atoms with Gasteiger partial charge < -0.3 is 15.4 Å². The molecule has 1 fully saturated rings. The first-order valence-electron chi connectivity index (χ1n) is 8.29. The number of nitrogens with zero attached hydrogens (tertiary/aromatic N) is 2. The zero-order valence-corrected chi connectivity index (χ0v) is 13.8. The predicted octanol–water partition coefficient (Wildman–Crippen LogP) is 3.29. The molecule has 0 saturated heterocycles. The van der Waals surface area contributed by atoms with Gasteiger partial charge in [0.1, 0.15) is 23.6 Å². The molecule has 0 unspecified atom stereocenters. The fraction of sp³-hybridized carbons (Fsp3) is 0.389. The Kier molecular flexibility index (Phi) is 5.25. The van der Waals surface area contributed by atoms with Crippen LogP contribution in [0.4, 0.5) is 11.5 Å². The second kappa shape index (κ2) is 7.77. The third-order valence-corrected chi connectivity index (χ3v) is 4.21. The standard InChI is InChI=1S/C18H22N4O2/c1-24-16-10-6-5-9-14(16)22-17-11-15(19-12-20-17)18(23)21-13-7-3-2-4-8-13/h5-6,9-13H,2-4,7-8H2,1H3,(H,21,23)(H,19,20,22). The van der Waals surface area contributed by atoms with Crippen LogP contribution in [0, 0.1) is 0 Å². The third-order valence-electron chi connectivity index (χ3n) is 4.21. The van der Waals surface area contributed by atoms with E-state index in [2.05, 4.69) is 20.6 Å². The summed E-state index contributed by atoms with van der Waals surface area (Å²) in [7, 11) is 1.61. The highest BCUT2D eigenvalue weighted by Crippen LogP contribution is 2.26. The molecule has 24 heavy (non-hydrogen) atoms. The van der Waals surface area contributed by atoms with Gasteiger partial charge in [0.25, 0.3) is 5.91 Å². The fourth-order valence-corrected chi connectivity index (χ4v) is 2.94. The van der Waals surface area contributed by atoms with E-state index in [0.29, 0.717) is 17.3 Å². The molecule has 0 radical (unpaired) electrons. The molecule has 2 N–H and O–H groups in total. The van der Waals surface area contributed by atoms with Crippen LogP contribution in [0.2, 0.25) is 0 Å². The smallest absolute Gasteiger partial charge is 0.270 e. The molecule has 3 rings (SSSR count). The Morgan fingerprint density at radius 2 is 1.96 bits per heavy atom. The van der Waals surface area contributed by atoms with E-state index in [1.54, 1.807) is 13.2 Å². The van der Waals surface area contributed by atoms with Crippen molar-refractivity contribution in [1.29, 1.82) is 0 Å². The molecule has 1 aromatic carbocycles. The number of carbonyl (C=O) groups is 1. The van der Waals surface area contributed by atoms with Gasteiger partial charge in [-0.15, -0.1) is 0 Å². The molecule has 1 saturated carbocycles. The Hall–Kier alpha value is -2.63. The highest BCUT2D eigenvalue weighted by molar-refractivity contribution is 5.93. The number of amides is 1. The van der Waals surface area contributed by atoms with E-state index >= 15 is 0 Å². The van der Waals surface area contributed by atoms with Crippen molar-refractivity contribution in [1.82, 2.24) is 15.3 Å². The van der Waals surface area contributed by atoms with E-state index in [1.165, 1.54) is 25.6 Å². The zero-order chi connectivity index (χ0) is 16.8. The first kappa shape index (κ1) is 16.2. The lowest BCUT2D eigenvalue weighted by Gasteiger charge is -2.22. The van der Waals surface area contributed by atoms with Crippen molar-refractivity contribution in [2.45, 2.75) is 38.1 Å². The largest absolute Gasteiger partial charge is 0.495 e. The molecule has 0 spiro atoms. The monoisotopic (exact) mass is 326 g/mol. The summed E-state index contributed by atoms with van der Waals surface area (Å²) in [6.07, 6.45) is 7.09. The minimum atomic E-state index is -0.146. The topological polar surface area (TPSA) is 76.1 Å². The maximum absolute atomic E-state index is 12.4. The Morgan fingerprint density at radius 1 is 1.17 bits per heavy atom. The van der Waals surface area contributed by atoms with Crippen LogP contribution in [0.25, 0.3) is 0 Å². The Bertz CT molecular complexity index is 699. The summed E-state index contributed by atoms with van der Waals surface area (Å²) >= 11 is 0. The van der Waals surface area contributed by atoms with Crippen molar-refractivity contribution in [3.63, 3.8) is 0 Å². The van der Waals surface area contributed by atoms with Gasteiger partial charge in [-0.2, -0.15) is 0 Å². The lowest BCUT2D eigenvalue weighted by atomic mass is 9.95. The number of carbonyl (C=O) groups excluding carboxylic acids is 1. The molecule has 1 amide bonds. The minimum absolute atomic E-state index is 0.146. The van der Waals surface area contributed by atoms with E-state index in [4.69, 9.17) is 4.74 Å². The molecular weight excluding hydrogens is 304 g/mol. The van der Waals surface area contributed by atoms with Gasteiger partial charge in [0.15, 0.2) is 0 Å². The molecule has 1 aromatic heterocycles. The summed E-state index contributed by atoms with van der Waals surface area (Å²) < 4.78 is 5.31. The van der Waals surface area contributed by atoms with Crippen LogP contribution in [-0.4, -0.2) is 29.0 Å². The first-order chi connectivity index (χ1) is 11.8. The maximum atomic E-state index is 12.4. The summed E-state index contributed by atoms with van der Waals surface area (Å²) in [6.45, 7) is 0. The summed E-state index contributed by atoms with van der Waals surface area (Å²) in [6, 6.07) is 9.47. The first-order valence-corrected chi connectivity index (χ1v) is 8.29. The molecular formula is C18H22N4O2. The summed E-state index contributed by atoms with van der Waals surface area (Å²) in [5.74, 6) is 1.12. The predicted molar refractivity (Wildman–Crippen MR) is 92.6 cm³/mol. The zero-order valence-electron chi connectivity index (χ0n) is 13.8. The Labute approximate surface area is 141 Å². The van der Waals surface area contributed by atoms with E-state index in [9.17, 15) is 4.79 Å². The fourth-order valence-electron chi connectivity index (χ4n) is 2.94. The van der Waals surface area contributed by atoms with E-state index in [0.717, 1.165) is 18.5 Å². The van der Waals surface area contributed by atoms with Gasteiger partial charge in [-0.3, -0.25) is 4.79 Å². The molecule has 1 heterocycles. The van der Waals surface area contributed by atoms with Crippen molar-refractivity contribution in [2.75, 3.05) is 12.4 Å². The van der Waals surface area contributed by atoms with Gasteiger partial charge in [0.05, 0.1) is 12.8 Å². The van der Waals surface area contributed by atoms with Crippen LogP contribution in [0.1, 0.15) is 42.6 Å². The van der Waals surface area contributed by atoms with Crippen LogP contribution < -0.4 is 15.4 Å². The number of ether oxygens (including phenoxy) is 1. The van der Waals surface area contributed by atoms with Crippen LogP contribution in [0.3, 0.4) is 0 Å². The normalized spacial score (nSPS) is 14.9.